The predicted octanol–water partition coefficient (Wildman–Crippen LogP) is 6.97. The van der Waals surface area contributed by atoms with Crippen molar-refractivity contribution in [1.82, 2.24) is 0 Å². The van der Waals surface area contributed by atoms with E-state index in [0.717, 1.165) is 64.1 Å². The van der Waals surface area contributed by atoms with Gasteiger partial charge in [-0.05, 0) is 65.2 Å². The van der Waals surface area contributed by atoms with Gasteiger partial charge in [-0.25, -0.2) is 0 Å². The smallest absolute Gasteiger partial charge is 0.231 e. The van der Waals surface area contributed by atoms with E-state index >= 15 is 0 Å². The Morgan fingerprint density at radius 1 is 0.674 bits per heavy atom. The van der Waals surface area contributed by atoms with Gasteiger partial charge in [-0.15, -0.1) is 0 Å². The molecule has 0 aromatic heterocycles. The van der Waals surface area contributed by atoms with Gasteiger partial charge in [0.15, 0.2) is 34.5 Å². The Kier molecular flexibility index (Phi) is 6.67. The fourth-order valence-electron chi connectivity index (χ4n) is 7.94. The van der Waals surface area contributed by atoms with Crippen LogP contribution in [0.2, 0.25) is 0 Å². The van der Waals surface area contributed by atoms with Crippen molar-refractivity contribution in [3.63, 3.8) is 0 Å². The summed E-state index contributed by atoms with van der Waals surface area (Å²) in [6.45, 7) is 2.16. The molecule has 5 heterocycles. The largest absolute Gasteiger partial charge is 0.493 e. The van der Waals surface area contributed by atoms with Crippen molar-refractivity contribution in [2.24, 2.45) is 0 Å². The standard InChI is InChI=1S/C38H42N2O6/c1-39(2)15-14-25-19-34-37(44-22-43-34)38-35(25)29(39)17-23-7-10-27(11-8-23)45-32-20-26(9-12-30(32)41-5)36-28-21-33(46-38)31(42-6)18-24(28)13-16-40(36,3)4/h7-12,18-21,29,36H,13-17,22H2,1-6H3/q+2/t29-,36+/m0/s1. The molecule has 0 radical (unpaired) electrons. The van der Waals surface area contributed by atoms with Crippen LogP contribution < -0.4 is 28.4 Å². The Hall–Kier alpha value is -4.40. The molecule has 0 saturated carbocycles. The Bertz CT molecular complexity index is 1850. The second kappa shape index (κ2) is 10.6. The monoisotopic (exact) mass is 622 g/mol. The maximum Gasteiger partial charge on any atom is 0.231 e. The molecule has 8 nitrogen and oxygen atoms in total. The number of ether oxygens (including phenoxy) is 6. The summed E-state index contributed by atoms with van der Waals surface area (Å²) in [5, 5.41) is 0. The molecule has 0 unspecified atom stereocenters. The van der Waals surface area contributed by atoms with Crippen LogP contribution in [-0.2, 0) is 19.3 Å². The van der Waals surface area contributed by atoms with Gasteiger partial charge in [0, 0.05) is 30.4 Å². The summed E-state index contributed by atoms with van der Waals surface area (Å²) in [5.74, 6) is 5.70. The molecule has 0 saturated heterocycles. The third-order valence-corrected chi connectivity index (χ3v) is 10.6. The van der Waals surface area contributed by atoms with E-state index < -0.39 is 0 Å². The highest BCUT2D eigenvalue weighted by Gasteiger charge is 2.43. The van der Waals surface area contributed by atoms with Crippen molar-refractivity contribution in [3.8, 4) is 46.0 Å². The van der Waals surface area contributed by atoms with Crippen LogP contribution in [0, 0.1) is 0 Å². The lowest BCUT2D eigenvalue weighted by Crippen LogP contribution is -2.48. The summed E-state index contributed by atoms with van der Waals surface area (Å²) < 4.78 is 39.2. The van der Waals surface area contributed by atoms with Gasteiger partial charge in [0.25, 0.3) is 0 Å². The van der Waals surface area contributed by atoms with Gasteiger partial charge in [0.2, 0.25) is 12.5 Å². The molecule has 5 aliphatic heterocycles. The zero-order valence-corrected chi connectivity index (χ0v) is 27.5. The van der Waals surface area contributed by atoms with Crippen molar-refractivity contribution in [1.29, 1.82) is 0 Å². The molecule has 46 heavy (non-hydrogen) atoms. The first-order valence-electron chi connectivity index (χ1n) is 16.1. The van der Waals surface area contributed by atoms with E-state index in [1.165, 1.54) is 27.8 Å². The molecule has 5 aliphatic rings. The molecule has 0 fully saturated rings. The Morgan fingerprint density at radius 2 is 1.41 bits per heavy atom. The van der Waals surface area contributed by atoms with Gasteiger partial charge in [0.05, 0.1) is 61.1 Å². The molecule has 6 bridgehead atoms. The minimum Gasteiger partial charge on any atom is -0.493 e. The summed E-state index contributed by atoms with van der Waals surface area (Å²) in [6.07, 6.45) is 2.68. The first-order chi connectivity index (χ1) is 22.1. The van der Waals surface area contributed by atoms with E-state index in [0.29, 0.717) is 28.7 Å². The maximum absolute atomic E-state index is 7.10. The maximum atomic E-state index is 7.10. The lowest BCUT2D eigenvalue weighted by atomic mass is 9.85. The van der Waals surface area contributed by atoms with Crippen molar-refractivity contribution in [2.45, 2.75) is 31.3 Å². The van der Waals surface area contributed by atoms with Crippen molar-refractivity contribution >= 4 is 0 Å². The summed E-state index contributed by atoms with van der Waals surface area (Å²) >= 11 is 0. The van der Waals surface area contributed by atoms with E-state index in [1.807, 2.05) is 6.07 Å². The fourth-order valence-corrected chi connectivity index (χ4v) is 7.94. The van der Waals surface area contributed by atoms with Gasteiger partial charge in [-0.2, -0.15) is 0 Å². The number of hydrogen-bond acceptors (Lipinski definition) is 6. The highest BCUT2D eigenvalue weighted by atomic mass is 16.7. The van der Waals surface area contributed by atoms with E-state index in [1.54, 1.807) is 14.2 Å². The number of likely N-dealkylation sites (N-methyl/N-ethyl adjacent to an activating group) is 2. The molecular formula is C38H42N2O6+2. The Balaban J connectivity index is 1.40. The van der Waals surface area contributed by atoms with Crippen LogP contribution in [0.5, 0.6) is 46.0 Å². The van der Waals surface area contributed by atoms with Crippen molar-refractivity contribution < 1.29 is 37.4 Å². The van der Waals surface area contributed by atoms with E-state index in [-0.39, 0.29) is 18.9 Å². The summed E-state index contributed by atoms with van der Waals surface area (Å²) in [7, 11) is 12.6. The number of methoxy groups -OCH3 is 2. The lowest BCUT2D eigenvalue weighted by molar-refractivity contribution is -0.923. The predicted molar refractivity (Wildman–Crippen MR) is 175 cm³/mol. The van der Waals surface area contributed by atoms with E-state index in [4.69, 9.17) is 28.4 Å². The van der Waals surface area contributed by atoms with Gasteiger partial charge >= 0.3 is 0 Å². The molecule has 0 aliphatic carbocycles. The van der Waals surface area contributed by atoms with Gasteiger partial charge in [-0.1, -0.05) is 12.1 Å². The van der Waals surface area contributed by atoms with Gasteiger partial charge < -0.3 is 37.4 Å². The molecule has 2 atom stereocenters. The molecule has 0 spiro atoms. The van der Waals surface area contributed by atoms with Gasteiger partial charge in [-0.3, -0.25) is 0 Å². The third kappa shape index (κ3) is 4.65. The third-order valence-electron chi connectivity index (χ3n) is 10.6. The lowest BCUT2D eigenvalue weighted by Gasteiger charge is -2.44. The van der Waals surface area contributed by atoms with Crippen molar-refractivity contribution in [3.05, 3.63) is 94.0 Å². The summed E-state index contributed by atoms with van der Waals surface area (Å²) in [5.41, 5.74) is 7.26. The fraction of sp³-hybridized carbons (Fsp3) is 0.368. The van der Waals surface area contributed by atoms with Crippen LogP contribution in [0.15, 0.2) is 60.7 Å². The quantitative estimate of drug-likeness (QED) is 0.225. The zero-order valence-electron chi connectivity index (χ0n) is 27.5. The molecule has 4 aromatic carbocycles. The molecular weight excluding hydrogens is 580 g/mol. The number of fused-ring (bicyclic) bond motifs is 3. The molecule has 0 N–H and O–H groups in total. The van der Waals surface area contributed by atoms with Crippen LogP contribution in [0.25, 0.3) is 0 Å². The molecule has 8 heteroatoms. The van der Waals surface area contributed by atoms with Crippen molar-refractivity contribution in [2.75, 3.05) is 62.3 Å². The second-order valence-electron chi connectivity index (χ2n) is 14.1. The summed E-state index contributed by atoms with van der Waals surface area (Å²) in [6, 6.07) is 21.4. The average molecular weight is 623 g/mol. The van der Waals surface area contributed by atoms with Crippen LogP contribution >= 0.6 is 0 Å². The van der Waals surface area contributed by atoms with Crippen LogP contribution in [0.3, 0.4) is 0 Å². The highest BCUT2D eigenvalue weighted by Crippen LogP contribution is 2.54. The first-order valence-corrected chi connectivity index (χ1v) is 16.1. The topological polar surface area (TPSA) is 55.4 Å². The molecule has 4 aromatic rings. The summed E-state index contributed by atoms with van der Waals surface area (Å²) in [4.78, 5) is 0. The van der Waals surface area contributed by atoms with E-state index in [9.17, 15) is 0 Å². The first kappa shape index (κ1) is 29.0. The SMILES string of the molecule is COc1ccc2cc1Oc1ccc(cc1)C[C@H]1c3c(cc4c(c3Oc3cc5c(cc3OC)CC[N+](C)(C)[C@H]25)OCO4)CC[N+]1(C)C. The number of nitrogens with zero attached hydrogens (tertiary/aromatic N) is 2. The number of quaternary nitrogens is 2. The molecule has 0 amide bonds. The second-order valence-corrected chi connectivity index (χ2v) is 14.1. The van der Waals surface area contributed by atoms with Crippen LogP contribution in [0.4, 0.5) is 0 Å². The molecule has 238 valence electrons. The number of hydrogen-bond donors (Lipinski definition) is 0. The number of rotatable bonds is 2. The van der Waals surface area contributed by atoms with Crippen LogP contribution in [0.1, 0.15) is 45.5 Å². The average Bonchev–Trinajstić information content (AvgIpc) is 3.51. The zero-order chi connectivity index (χ0) is 31.8. The minimum absolute atomic E-state index is 0.0293. The normalized spacial score (nSPS) is 21.3. The minimum atomic E-state index is 0.0293. The van der Waals surface area contributed by atoms with E-state index in [2.05, 4.69) is 82.8 Å². The number of benzene rings is 4. The van der Waals surface area contributed by atoms with Crippen LogP contribution in [-0.4, -0.2) is 71.3 Å². The highest BCUT2D eigenvalue weighted by molar-refractivity contribution is 5.64. The Morgan fingerprint density at radius 3 is 2.20 bits per heavy atom. The Labute approximate surface area is 270 Å². The van der Waals surface area contributed by atoms with Gasteiger partial charge in [0.1, 0.15) is 17.8 Å². The molecule has 9 rings (SSSR count).